The topological polar surface area (TPSA) is 44.4 Å². The summed E-state index contributed by atoms with van der Waals surface area (Å²) in [6, 6.07) is 0. The van der Waals surface area contributed by atoms with Crippen LogP contribution in [0.2, 0.25) is 0 Å². The molecule has 2 aliphatic heterocycles. The number of nitrogens with one attached hydrogen (secondary N) is 2. The van der Waals surface area contributed by atoms with Crippen LogP contribution in [-0.4, -0.2) is 42.6 Å². The average molecular weight is 211 g/mol. The summed E-state index contributed by atoms with van der Waals surface area (Å²) in [6.45, 7) is 6.14. The van der Waals surface area contributed by atoms with E-state index in [0.717, 1.165) is 25.9 Å². The highest BCUT2D eigenvalue weighted by Gasteiger charge is 2.39. The van der Waals surface area contributed by atoms with Crippen molar-refractivity contribution >= 4 is 5.91 Å². The molecule has 2 heterocycles. The predicted molar refractivity (Wildman–Crippen MR) is 59.5 cm³/mol. The maximum atomic E-state index is 11.2. The maximum Gasteiger partial charge on any atom is 0.235 e. The van der Waals surface area contributed by atoms with E-state index in [0.29, 0.717) is 6.54 Å². The summed E-state index contributed by atoms with van der Waals surface area (Å²) in [4.78, 5) is 13.7. The van der Waals surface area contributed by atoms with Gasteiger partial charge in [0.05, 0.1) is 12.2 Å². The fraction of sp³-hybridized carbons (Fsp3) is 0.909. The van der Waals surface area contributed by atoms with Crippen molar-refractivity contribution in [2.45, 2.75) is 38.3 Å². The molecule has 4 heteroatoms. The standard InChI is InChI=1S/C11H21N3O/c1-2-3-6-14-7-4-11(5-8-14)12-9-10(15)13-11/h12H,2-9H2,1H3,(H,13,15). The molecule has 1 amide bonds. The Hall–Kier alpha value is -0.610. The molecule has 2 aliphatic rings. The quantitative estimate of drug-likeness (QED) is 0.705. The zero-order chi connectivity index (χ0) is 10.7. The zero-order valence-corrected chi connectivity index (χ0v) is 9.51. The van der Waals surface area contributed by atoms with E-state index in [9.17, 15) is 4.79 Å². The third kappa shape index (κ3) is 2.49. The van der Waals surface area contributed by atoms with Crippen LogP contribution < -0.4 is 10.6 Å². The highest BCUT2D eigenvalue weighted by atomic mass is 16.2. The molecule has 2 rings (SSSR count). The monoisotopic (exact) mass is 211 g/mol. The third-order valence-electron chi connectivity index (χ3n) is 3.50. The van der Waals surface area contributed by atoms with E-state index in [1.54, 1.807) is 0 Å². The van der Waals surface area contributed by atoms with Gasteiger partial charge in [0.2, 0.25) is 5.91 Å². The van der Waals surface area contributed by atoms with Gasteiger partial charge in [-0.05, 0) is 25.8 Å². The van der Waals surface area contributed by atoms with Gasteiger partial charge in [-0.3, -0.25) is 10.1 Å². The van der Waals surface area contributed by atoms with Gasteiger partial charge in [-0.1, -0.05) is 13.3 Å². The lowest BCUT2D eigenvalue weighted by Gasteiger charge is -2.39. The second-order valence-corrected chi connectivity index (χ2v) is 4.68. The third-order valence-corrected chi connectivity index (χ3v) is 3.50. The van der Waals surface area contributed by atoms with E-state index in [2.05, 4.69) is 22.5 Å². The minimum Gasteiger partial charge on any atom is -0.337 e. The summed E-state index contributed by atoms with van der Waals surface area (Å²) in [6.07, 6.45) is 4.63. The molecule has 0 saturated carbocycles. The maximum absolute atomic E-state index is 11.2. The molecule has 0 atom stereocenters. The molecule has 0 aromatic rings. The van der Waals surface area contributed by atoms with E-state index < -0.39 is 0 Å². The molecule has 0 aromatic carbocycles. The van der Waals surface area contributed by atoms with Crippen LogP contribution in [0.1, 0.15) is 32.6 Å². The minimum absolute atomic E-state index is 0.0696. The summed E-state index contributed by atoms with van der Waals surface area (Å²) in [5, 5.41) is 6.38. The number of piperidine rings is 1. The summed E-state index contributed by atoms with van der Waals surface area (Å²) in [7, 11) is 0. The molecule has 0 radical (unpaired) electrons. The number of likely N-dealkylation sites (tertiary alicyclic amines) is 1. The Morgan fingerprint density at radius 3 is 2.67 bits per heavy atom. The highest BCUT2D eigenvalue weighted by Crippen LogP contribution is 2.22. The number of amides is 1. The van der Waals surface area contributed by atoms with Crippen molar-refractivity contribution in [1.82, 2.24) is 15.5 Å². The van der Waals surface area contributed by atoms with Crippen LogP contribution in [0.15, 0.2) is 0 Å². The lowest BCUT2D eigenvalue weighted by atomic mass is 9.97. The molecule has 2 N–H and O–H groups in total. The van der Waals surface area contributed by atoms with Crippen molar-refractivity contribution in [3.05, 3.63) is 0 Å². The number of nitrogens with zero attached hydrogens (tertiary/aromatic N) is 1. The van der Waals surface area contributed by atoms with Gasteiger partial charge in [-0.15, -0.1) is 0 Å². The Balaban J connectivity index is 1.79. The largest absolute Gasteiger partial charge is 0.337 e. The molecule has 0 aliphatic carbocycles. The number of carbonyl (C=O) groups excluding carboxylic acids is 1. The van der Waals surface area contributed by atoms with Crippen LogP contribution in [-0.2, 0) is 4.79 Å². The molecular formula is C11H21N3O. The van der Waals surface area contributed by atoms with Crippen LogP contribution in [0.4, 0.5) is 0 Å². The minimum atomic E-state index is -0.0696. The number of carbonyl (C=O) groups is 1. The first kappa shape index (κ1) is 10.9. The first-order chi connectivity index (χ1) is 7.24. The number of hydrogen-bond acceptors (Lipinski definition) is 3. The van der Waals surface area contributed by atoms with E-state index in [1.165, 1.54) is 19.4 Å². The van der Waals surface area contributed by atoms with Crippen LogP contribution in [0.25, 0.3) is 0 Å². The van der Waals surface area contributed by atoms with Gasteiger partial charge in [0.15, 0.2) is 0 Å². The molecule has 0 aromatic heterocycles. The van der Waals surface area contributed by atoms with Crippen molar-refractivity contribution in [3.8, 4) is 0 Å². The van der Waals surface area contributed by atoms with Crippen LogP contribution in [0, 0.1) is 0 Å². The molecule has 0 unspecified atom stereocenters. The fourth-order valence-corrected chi connectivity index (χ4v) is 2.45. The molecule has 2 saturated heterocycles. The SMILES string of the molecule is CCCCN1CCC2(CC1)NCC(=O)N2. The fourth-order valence-electron chi connectivity index (χ4n) is 2.45. The van der Waals surface area contributed by atoms with Gasteiger partial charge in [0.25, 0.3) is 0 Å². The average Bonchev–Trinajstić information content (AvgIpc) is 2.60. The van der Waals surface area contributed by atoms with Crippen molar-refractivity contribution in [2.75, 3.05) is 26.2 Å². The Morgan fingerprint density at radius 2 is 2.13 bits per heavy atom. The molecule has 0 bridgehead atoms. The van der Waals surface area contributed by atoms with E-state index in [-0.39, 0.29) is 11.6 Å². The number of unbranched alkanes of at least 4 members (excludes halogenated alkanes) is 1. The van der Waals surface area contributed by atoms with Crippen molar-refractivity contribution in [1.29, 1.82) is 0 Å². The Bertz CT molecular complexity index is 234. The van der Waals surface area contributed by atoms with E-state index >= 15 is 0 Å². The molecule has 15 heavy (non-hydrogen) atoms. The van der Waals surface area contributed by atoms with Crippen molar-refractivity contribution in [2.24, 2.45) is 0 Å². The van der Waals surface area contributed by atoms with Gasteiger partial charge in [-0.2, -0.15) is 0 Å². The number of rotatable bonds is 3. The zero-order valence-electron chi connectivity index (χ0n) is 9.51. The van der Waals surface area contributed by atoms with Gasteiger partial charge < -0.3 is 10.2 Å². The Morgan fingerprint density at radius 1 is 1.40 bits per heavy atom. The van der Waals surface area contributed by atoms with Crippen LogP contribution >= 0.6 is 0 Å². The van der Waals surface area contributed by atoms with Crippen LogP contribution in [0.5, 0.6) is 0 Å². The van der Waals surface area contributed by atoms with Gasteiger partial charge in [0, 0.05) is 13.1 Å². The summed E-state index contributed by atoms with van der Waals surface area (Å²) < 4.78 is 0. The molecule has 4 nitrogen and oxygen atoms in total. The van der Waals surface area contributed by atoms with Gasteiger partial charge in [0.1, 0.15) is 0 Å². The lowest BCUT2D eigenvalue weighted by Crippen LogP contribution is -2.56. The van der Waals surface area contributed by atoms with Gasteiger partial charge in [-0.25, -0.2) is 0 Å². The van der Waals surface area contributed by atoms with Crippen molar-refractivity contribution < 1.29 is 4.79 Å². The smallest absolute Gasteiger partial charge is 0.235 e. The molecule has 1 spiro atoms. The first-order valence-electron chi connectivity index (χ1n) is 6.02. The summed E-state index contributed by atoms with van der Waals surface area (Å²) in [5.74, 6) is 0.150. The number of hydrogen-bond donors (Lipinski definition) is 2. The van der Waals surface area contributed by atoms with Gasteiger partial charge >= 0.3 is 0 Å². The molecule has 2 fully saturated rings. The van der Waals surface area contributed by atoms with Crippen LogP contribution in [0.3, 0.4) is 0 Å². The first-order valence-corrected chi connectivity index (χ1v) is 6.02. The molecular weight excluding hydrogens is 190 g/mol. The Kier molecular flexibility index (Phi) is 3.26. The summed E-state index contributed by atoms with van der Waals surface area (Å²) >= 11 is 0. The summed E-state index contributed by atoms with van der Waals surface area (Å²) in [5.41, 5.74) is -0.0696. The second-order valence-electron chi connectivity index (χ2n) is 4.68. The highest BCUT2D eigenvalue weighted by molar-refractivity contribution is 5.81. The second kappa shape index (κ2) is 4.49. The molecule has 86 valence electrons. The predicted octanol–water partition coefficient (Wildman–Crippen LogP) is 0.298. The normalized spacial score (nSPS) is 25.8. The lowest BCUT2D eigenvalue weighted by molar-refractivity contribution is -0.119. The van der Waals surface area contributed by atoms with E-state index in [1.807, 2.05) is 0 Å². The van der Waals surface area contributed by atoms with Crippen molar-refractivity contribution in [3.63, 3.8) is 0 Å². The Labute approximate surface area is 91.4 Å². The van der Waals surface area contributed by atoms with E-state index in [4.69, 9.17) is 0 Å².